The van der Waals surface area contributed by atoms with Gasteiger partial charge in [0.05, 0.1) is 11.8 Å². The van der Waals surface area contributed by atoms with Gasteiger partial charge in [-0.2, -0.15) is 17.0 Å². The van der Waals surface area contributed by atoms with E-state index in [1.54, 1.807) is 11.8 Å². The molecule has 1 aromatic rings. The van der Waals surface area contributed by atoms with E-state index in [1.165, 1.54) is 0 Å². The van der Waals surface area contributed by atoms with Crippen LogP contribution in [0.3, 0.4) is 0 Å². The van der Waals surface area contributed by atoms with Gasteiger partial charge < -0.3 is 0 Å². The summed E-state index contributed by atoms with van der Waals surface area (Å²) in [6, 6.07) is 11.4. The Bertz CT molecular complexity index is 342. The molecule has 0 heterocycles. The summed E-state index contributed by atoms with van der Waals surface area (Å²) < 4.78 is 0. The molecule has 0 spiro atoms. The highest BCUT2D eigenvalue weighted by Gasteiger charge is 2.03. The average Bonchev–Trinajstić information content (AvgIpc) is 2.30. The summed E-state index contributed by atoms with van der Waals surface area (Å²) in [6.07, 6.45) is 1.44. The summed E-state index contributed by atoms with van der Waals surface area (Å²) in [7, 11) is 0. The van der Waals surface area contributed by atoms with E-state index >= 15 is 0 Å². The molecular formula is C12H13NOS. The van der Waals surface area contributed by atoms with Crippen LogP contribution in [-0.2, 0) is 0 Å². The third-order valence-electron chi connectivity index (χ3n) is 1.91. The summed E-state index contributed by atoms with van der Waals surface area (Å²) in [5, 5.41) is 8.33. The summed E-state index contributed by atoms with van der Waals surface area (Å²) in [5.74, 6) is 1.55. The number of thioether (sulfide) groups is 1. The molecule has 0 saturated heterocycles. The minimum absolute atomic E-state index is 0.164. The van der Waals surface area contributed by atoms with Crippen LogP contribution >= 0.6 is 11.8 Å². The SMILES string of the molecule is N#CCCCSCC(=O)c1ccccc1. The monoisotopic (exact) mass is 219 g/mol. The highest BCUT2D eigenvalue weighted by Crippen LogP contribution is 2.08. The fourth-order valence-corrected chi connectivity index (χ4v) is 1.97. The van der Waals surface area contributed by atoms with Crippen molar-refractivity contribution >= 4 is 17.5 Å². The largest absolute Gasteiger partial charge is 0.293 e. The second kappa shape index (κ2) is 7.08. The molecule has 0 N–H and O–H groups in total. The summed E-state index contributed by atoms with van der Waals surface area (Å²) in [4.78, 5) is 11.6. The van der Waals surface area contributed by atoms with E-state index in [2.05, 4.69) is 6.07 Å². The highest BCUT2D eigenvalue weighted by atomic mass is 32.2. The molecular weight excluding hydrogens is 206 g/mol. The molecule has 0 aliphatic carbocycles. The van der Waals surface area contributed by atoms with Crippen molar-refractivity contribution < 1.29 is 4.79 Å². The van der Waals surface area contributed by atoms with Crippen LogP contribution in [0.2, 0.25) is 0 Å². The number of carbonyl (C=O) groups excluding carboxylic acids is 1. The van der Waals surface area contributed by atoms with Crippen LogP contribution in [0, 0.1) is 11.3 Å². The molecule has 0 aliphatic rings. The van der Waals surface area contributed by atoms with Gasteiger partial charge in [-0.3, -0.25) is 4.79 Å². The lowest BCUT2D eigenvalue weighted by Crippen LogP contribution is -2.02. The lowest BCUT2D eigenvalue weighted by Gasteiger charge is -1.99. The molecule has 78 valence electrons. The summed E-state index contributed by atoms with van der Waals surface area (Å²) >= 11 is 1.60. The van der Waals surface area contributed by atoms with E-state index in [0.717, 1.165) is 17.7 Å². The van der Waals surface area contributed by atoms with Crippen molar-refractivity contribution in [1.82, 2.24) is 0 Å². The first-order chi connectivity index (χ1) is 7.34. The van der Waals surface area contributed by atoms with Gasteiger partial charge in [-0.1, -0.05) is 30.3 Å². The molecule has 0 bridgehead atoms. The van der Waals surface area contributed by atoms with Crippen molar-refractivity contribution in [3.8, 4) is 6.07 Å². The van der Waals surface area contributed by atoms with Gasteiger partial charge in [-0.25, -0.2) is 0 Å². The topological polar surface area (TPSA) is 40.9 Å². The predicted molar refractivity (Wildman–Crippen MR) is 62.9 cm³/mol. The lowest BCUT2D eigenvalue weighted by atomic mass is 10.2. The van der Waals surface area contributed by atoms with Gasteiger partial charge in [0.2, 0.25) is 0 Å². The Balaban J connectivity index is 2.23. The van der Waals surface area contributed by atoms with Crippen molar-refractivity contribution in [2.75, 3.05) is 11.5 Å². The van der Waals surface area contributed by atoms with Gasteiger partial charge in [0, 0.05) is 12.0 Å². The van der Waals surface area contributed by atoms with E-state index in [9.17, 15) is 4.79 Å². The zero-order valence-corrected chi connectivity index (χ0v) is 9.30. The number of ketones is 1. The molecule has 3 heteroatoms. The van der Waals surface area contributed by atoms with Gasteiger partial charge in [-0.05, 0) is 12.2 Å². The molecule has 0 unspecified atom stereocenters. The zero-order chi connectivity index (χ0) is 10.9. The molecule has 0 aromatic heterocycles. The Morgan fingerprint density at radius 2 is 2.07 bits per heavy atom. The molecule has 0 aliphatic heterocycles. The Kier molecular flexibility index (Phi) is 5.57. The fourth-order valence-electron chi connectivity index (χ4n) is 1.13. The Labute approximate surface area is 94.3 Å². The number of benzene rings is 1. The van der Waals surface area contributed by atoms with Crippen LogP contribution in [0.4, 0.5) is 0 Å². The molecule has 1 rings (SSSR count). The van der Waals surface area contributed by atoms with Crippen LogP contribution in [-0.4, -0.2) is 17.3 Å². The number of nitrogens with zero attached hydrogens (tertiary/aromatic N) is 1. The van der Waals surface area contributed by atoms with E-state index in [0.29, 0.717) is 12.2 Å². The van der Waals surface area contributed by atoms with Gasteiger partial charge in [0.25, 0.3) is 0 Å². The standard InChI is InChI=1S/C12H13NOS/c13-8-4-5-9-15-10-12(14)11-6-2-1-3-7-11/h1-3,6-7H,4-5,9-10H2. The maximum absolute atomic E-state index is 11.6. The first kappa shape index (κ1) is 11.8. The number of rotatable bonds is 6. The van der Waals surface area contributed by atoms with Crippen LogP contribution in [0.25, 0.3) is 0 Å². The summed E-state index contributed by atoms with van der Waals surface area (Å²) in [5.41, 5.74) is 0.769. The number of hydrogen-bond donors (Lipinski definition) is 0. The molecule has 15 heavy (non-hydrogen) atoms. The third-order valence-corrected chi connectivity index (χ3v) is 2.95. The lowest BCUT2D eigenvalue weighted by molar-refractivity contribution is 0.102. The first-order valence-electron chi connectivity index (χ1n) is 4.87. The Morgan fingerprint density at radius 3 is 2.73 bits per heavy atom. The van der Waals surface area contributed by atoms with Gasteiger partial charge in [-0.15, -0.1) is 0 Å². The van der Waals surface area contributed by atoms with Gasteiger partial charge >= 0.3 is 0 Å². The van der Waals surface area contributed by atoms with Gasteiger partial charge in [0.1, 0.15) is 0 Å². The van der Waals surface area contributed by atoms with Crippen molar-refractivity contribution in [3.63, 3.8) is 0 Å². The summed E-state index contributed by atoms with van der Waals surface area (Å²) in [6.45, 7) is 0. The second-order valence-corrected chi connectivity index (χ2v) is 4.21. The van der Waals surface area contributed by atoms with Crippen molar-refractivity contribution in [2.45, 2.75) is 12.8 Å². The van der Waals surface area contributed by atoms with Gasteiger partial charge in [0.15, 0.2) is 5.78 Å². The fraction of sp³-hybridized carbons (Fsp3) is 0.333. The molecule has 0 atom stereocenters. The molecule has 2 nitrogen and oxygen atoms in total. The maximum atomic E-state index is 11.6. The smallest absolute Gasteiger partial charge is 0.172 e. The number of nitriles is 1. The molecule has 0 saturated carbocycles. The first-order valence-corrected chi connectivity index (χ1v) is 6.03. The van der Waals surface area contributed by atoms with E-state index in [4.69, 9.17) is 5.26 Å². The van der Waals surface area contributed by atoms with Crippen molar-refractivity contribution in [3.05, 3.63) is 35.9 Å². The number of hydrogen-bond acceptors (Lipinski definition) is 3. The minimum Gasteiger partial charge on any atom is -0.293 e. The number of unbranched alkanes of at least 4 members (excludes halogenated alkanes) is 1. The maximum Gasteiger partial charge on any atom is 0.172 e. The number of carbonyl (C=O) groups is 1. The Hall–Kier alpha value is -1.27. The second-order valence-electron chi connectivity index (χ2n) is 3.10. The molecule has 1 aromatic carbocycles. The van der Waals surface area contributed by atoms with Crippen LogP contribution < -0.4 is 0 Å². The van der Waals surface area contributed by atoms with Crippen LogP contribution in [0.15, 0.2) is 30.3 Å². The minimum atomic E-state index is 0.164. The zero-order valence-electron chi connectivity index (χ0n) is 8.48. The van der Waals surface area contributed by atoms with E-state index < -0.39 is 0 Å². The van der Waals surface area contributed by atoms with Crippen molar-refractivity contribution in [1.29, 1.82) is 5.26 Å². The Morgan fingerprint density at radius 1 is 1.33 bits per heavy atom. The molecule has 0 fully saturated rings. The third kappa shape index (κ3) is 4.66. The average molecular weight is 219 g/mol. The van der Waals surface area contributed by atoms with E-state index in [1.807, 2.05) is 30.3 Å². The highest BCUT2D eigenvalue weighted by molar-refractivity contribution is 7.99. The molecule has 0 amide bonds. The van der Waals surface area contributed by atoms with Crippen LogP contribution in [0.5, 0.6) is 0 Å². The predicted octanol–water partition coefficient (Wildman–Crippen LogP) is 2.91. The normalized spacial score (nSPS) is 9.53. The van der Waals surface area contributed by atoms with Crippen molar-refractivity contribution in [2.24, 2.45) is 0 Å². The van der Waals surface area contributed by atoms with Crippen LogP contribution in [0.1, 0.15) is 23.2 Å². The molecule has 0 radical (unpaired) electrons. The number of Topliss-reactive ketones (excluding diaryl/α,β-unsaturated/α-hetero) is 1. The quantitative estimate of drug-likeness (QED) is 0.545. The van der Waals surface area contributed by atoms with E-state index in [-0.39, 0.29) is 5.78 Å².